The highest BCUT2D eigenvalue weighted by Gasteiger charge is 2.15. The fourth-order valence-electron chi connectivity index (χ4n) is 2.11. The molecule has 1 heterocycles. The van der Waals surface area contributed by atoms with Crippen LogP contribution in [0.2, 0.25) is 10.0 Å². The number of hydrogen-bond donors (Lipinski definition) is 2. The van der Waals surface area contributed by atoms with E-state index >= 15 is 0 Å². The summed E-state index contributed by atoms with van der Waals surface area (Å²) >= 11 is 11.8. The maximum absolute atomic E-state index is 12.3. The molecule has 0 radical (unpaired) electrons. The van der Waals surface area contributed by atoms with Crippen molar-refractivity contribution in [3.63, 3.8) is 0 Å². The molecule has 2 N–H and O–H groups in total. The third-order valence-electron chi connectivity index (χ3n) is 3.36. The van der Waals surface area contributed by atoms with E-state index < -0.39 is 5.91 Å². The molecule has 122 valence electrons. The van der Waals surface area contributed by atoms with E-state index in [-0.39, 0.29) is 17.3 Å². The van der Waals surface area contributed by atoms with Crippen molar-refractivity contribution < 1.29 is 14.3 Å². The summed E-state index contributed by atoms with van der Waals surface area (Å²) in [6.45, 7) is 1.78. The first-order valence-corrected chi connectivity index (χ1v) is 7.71. The molecule has 24 heavy (non-hydrogen) atoms. The number of aryl methyl sites for hydroxylation is 1. The monoisotopic (exact) mass is 362 g/mol. The van der Waals surface area contributed by atoms with Gasteiger partial charge in [0.2, 0.25) is 5.89 Å². The van der Waals surface area contributed by atoms with Gasteiger partial charge in [-0.1, -0.05) is 23.2 Å². The molecule has 0 saturated carbocycles. The van der Waals surface area contributed by atoms with E-state index in [0.717, 1.165) is 5.56 Å². The van der Waals surface area contributed by atoms with Crippen molar-refractivity contribution in [3.05, 3.63) is 64.0 Å². The van der Waals surface area contributed by atoms with Gasteiger partial charge in [-0.05, 0) is 48.9 Å². The number of benzene rings is 2. The summed E-state index contributed by atoms with van der Waals surface area (Å²) in [6, 6.07) is 9.60. The molecule has 1 aromatic heterocycles. The van der Waals surface area contributed by atoms with Crippen LogP contribution < -0.4 is 5.32 Å². The van der Waals surface area contributed by atoms with Gasteiger partial charge >= 0.3 is 0 Å². The summed E-state index contributed by atoms with van der Waals surface area (Å²) in [5.41, 5.74) is 2.06. The van der Waals surface area contributed by atoms with E-state index in [1.165, 1.54) is 12.3 Å². The summed E-state index contributed by atoms with van der Waals surface area (Å²) in [5, 5.41) is 12.9. The van der Waals surface area contributed by atoms with Crippen molar-refractivity contribution in [2.24, 2.45) is 0 Å². The average molecular weight is 363 g/mol. The molecule has 0 spiro atoms. The van der Waals surface area contributed by atoms with Gasteiger partial charge < -0.3 is 14.8 Å². The Kier molecular flexibility index (Phi) is 4.46. The Morgan fingerprint density at radius 1 is 1.17 bits per heavy atom. The summed E-state index contributed by atoms with van der Waals surface area (Å²) in [5.74, 6) is -0.0196. The van der Waals surface area contributed by atoms with Crippen molar-refractivity contribution in [3.8, 4) is 17.2 Å². The molecule has 0 aliphatic carbocycles. The normalized spacial score (nSPS) is 10.6. The number of nitrogens with one attached hydrogen (secondary N) is 1. The number of nitrogens with zero attached hydrogens (tertiary/aromatic N) is 1. The number of aromatic hydroxyl groups is 1. The number of phenolic OH excluding ortho intramolecular Hbond substituents is 1. The zero-order valence-electron chi connectivity index (χ0n) is 12.5. The van der Waals surface area contributed by atoms with E-state index in [1.54, 1.807) is 37.3 Å². The Bertz CT molecular complexity index is 922. The summed E-state index contributed by atoms with van der Waals surface area (Å²) < 4.78 is 5.34. The van der Waals surface area contributed by atoms with Crippen molar-refractivity contribution in [2.75, 3.05) is 5.32 Å². The van der Waals surface area contributed by atoms with Gasteiger partial charge in [0, 0.05) is 11.3 Å². The van der Waals surface area contributed by atoms with Gasteiger partial charge in [-0.2, -0.15) is 0 Å². The van der Waals surface area contributed by atoms with Crippen LogP contribution in [0.3, 0.4) is 0 Å². The molecule has 0 fully saturated rings. The molecule has 2 aromatic carbocycles. The van der Waals surface area contributed by atoms with Gasteiger partial charge in [-0.15, -0.1) is 0 Å². The number of hydrogen-bond acceptors (Lipinski definition) is 4. The Morgan fingerprint density at radius 3 is 2.67 bits per heavy atom. The lowest BCUT2D eigenvalue weighted by Crippen LogP contribution is -2.13. The Labute approximate surface area is 147 Å². The Balaban J connectivity index is 1.82. The number of anilines is 1. The van der Waals surface area contributed by atoms with Crippen LogP contribution in [0.25, 0.3) is 11.5 Å². The molecular weight excluding hydrogens is 351 g/mol. The van der Waals surface area contributed by atoms with Gasteiger partial charge in [-0.3, -0.25) is 4.79 Å². The smallest absolute Gasteiger partial charge is 0.277 e. The van der Waals surface area contributed by atoms with Crippen molar-refractivity contribution in [1.29, 1.82) is 0 Å². The number of carbonyl (C=O) groups excluding carboxylic acids is 1. The van der Waals surface area contributed by atoms with Gasteiger partial charge in [0.1, 0.15) is 12.0 Å². The predicted octanol–water partition coefficient (Wildman–Crippen LogP) is 4.91. The molecule has 5 nitrogen and oxygen atoms in total. The highest BCUT2D eigenvalue weighted by atomic mass is 35.5. The Hall–Kier alpha value is -2.50. The molecule has 1 amide bonds. The van der Waals surface area contributed by atoms with E-state index in [0.29, 0.717) is 21.3 Å². The zero-order valence-corrected chi connectivity index (χ0v) is 14.0. The molecular formula is C17H12Cl2N2O3. The molecule has 0 aliphatic rings. The fourth-order valence-corrected chi connectivity index (χ4v) is 2.41. The number of oxazole rings is 1. The first kappa shape index (κ1) is 16.4. The Morgan fingerprint density at radius 2 is 1.96 bits per heavy atom. The number of phenols is 1. The van der Waals surface area contributed by atoms with Crippen LogP contribution >= 0.6 is 23.2 Å². The van der Waals surface area contributed by atoms with E-state index in [4.69, 9.17) is 27.6 Å². The number of rotatable bonds is 3. The van der Waals surface area contributed by atoms with Gasteiger partial charge in [0.25, 0.3) is 5.91 Å². The lowest BCUT2D eigenvalue weighted by Gasteiger charge is -2.06. The number of carbonyl (C=O) groups is 1. The van der Waals surface area contributed by atoms with Crippen molar-refractivity contribution in [2.45, 2.75) is 6.92 Å². The van der Waals surface area contributed by atoms with Crippen LogP contribution in [-0.4, -0.2) is 16.0 Å². The number of halogens is 2. The largest absolute Gasteiger partial charge is 0.508 e. The molecule has 3 rings (SSSR count). The van der Waals surface area contributed by atoms with Gasteiger partial charge in [0.05, 0.1) is 10.0 Å². The second kappa shape index (κ2) is 6.55. The van der Waals surface area contributed by atoms with Crippen LogP contribution in [0.15, 0.2) is 47.1 Å². The topological polar surface area (TPSA) is 75.4 Å². The standard InChI is InChI=1S/C17H12Cl2N2O3/c1-9-6-11(22)3-5-14(9)20-16(23)15-8-24-17(21-15)10-2-4-12(18)13(19)7-10/h2-8,22H,1H3,(H,20,23). The highest BCUT2D eigenvalue weighted by Crippen LogP contribution is 2.28. The second-order valence-corrected chi connectivity index (χ2v) is 5.93. The molecule has 0 bridgehead atoms. The minimum Gasteiger partial charge on any atom is -0.508 e. The quantitative estimate of drug-likeness (QED) is 0.648. The van der Waals surface area contributed by atoms with Crippen LogP contribution in [0.1, 0.15) is 16.1 Å². The van der Waals surface area contributed by atoms with Crippen LogP contribution in [0, 0.1) is 6.92 Å². The van der Waals surface area contributed by atoms with E-state index in [9.17, 15) is 9.90 Å². The van der Waals surface area contributed by atoms with Gasteiger partial charge in [0.15, 0.2) is 5.69 Å². The molecule has 3 aromatic rings. The molecule has 0 aliphatic heterocycles. The third-order valence-corrected chi connectivity index (χ3v) is 4.10. The van der Waals surface area contributed by atoms with Gasteiger partial charge in [-0.25, -0.2) is 4.98 Å². The van der Waals surface area contributed by atoms with Crippen LogP contribution in [-0.2, 0) is 0 Å². The minimum atomic E-state index is -0.418. The predicted molar refractivity (Wildman–Crippen MR) is 92.8 cm³/mol. The second-order valence-electron chi connectivity index (χ2n) is 5.12. The van der Waals surface area contributed by atoms with Crippen LogP contribution in [0.5, 0.6) is 5.75 Å². The fraction of sp³-hybridized carbons (Fsp3) is 0.0588. The number of aromatic nitrogens is 1. The lowest BCUT2D eigenvalue weighted by atomic mass is 10.2. The highest BCUT2D eigenvalue weighted by molar-refractivity contribution is 6.42. The van der Waals surface area contributed by atoms with Crippen molar-refractivity contribution >= 4 is 34.8 Å². The summed E-state index contributed by atoms with van der Waals surface area (Å²) in [7, 11) is 0. The average Bonchev–Trinajstić information content (AvgIpc) is 3.03. The van der Waals surface area contributed by atoms with E-state index in [1.807, 2.05) is 0 Å². The molecule has 0 unspecified atom stereocenters. The van der Waals surface area contributed by atoms with E-state index in [2.05, 4.69) is 10.3 Å². The third kappa shape index (κ3) is 3.37. The molecule has 7 heteroatoms. The van der Waals surface area contributed by atoms with Crippen LogP contribution in [0.4, 0.5) is 5.69 Å². The maximum Gasteiger partial charge on any atom is 0.277 e. The number of amides is 1. The first-order chi connectivity index (χ1) is 11.4. The van der Waals surface area contributed by atoms with Crippen molar-refractivity contribution in [1.82, 2.24) is 4.98 Å². The molecule has 0 saturated heterocycles. The summed E-state index contributed by atoms with van der Waals surface area (Å²) in [6.07, 6.45) is 1.27. The SMILES string of the molecule is Cc1cc(O)ccc1NC(=O)c1coc(-c2ccc(Cl)c(Cl)c2)n1. The zero-order chi connectivity index (χ0) is 17.3. The minimum absolute atomic E-state index is 0.128. The lowest BCUT2D eigenvalue weighted by molar-refractivity contribution is 0.102. The molecule has 0 atom stereocenters. The first-order valence-electron chi connectivity index (χ1n) is 6.96. The summed E-state index contributed by atoms with van der Waals surface area (Å²) in [4.78, 5) is 16.4. The maximum atomic E-state index is 12.3.